The predicted molar refractivity (Wildman–Crippen MR) is 551 cm³/mol. The van der Waals surface area contributed by atoms with Crippen molar-refractivity contribution in [3.8, 4) is 5.69 Å². The number of nitriles is 1. The zero-order valence-electron chi connectivity index (χ0n) is 83.2. The van der Waals surface area contributed by atoms with Gasteiger partial charge in [-0.1, -0.05) is 255 Å². The molecule has 0 aliphatic carbocycles. The molecule has 0 amide bonds. The summed E-state index contributed by atoms with van der Waals surface area (Å²) in [6.45, 7) is 47.7. The Bertz CT molecular complexity index is 5320. The number of halogens is 1. The van der Waals surface area contributed by atoms with Gasteiger partial charge in [0.2, 0.25) is 0 Å². The fourth-order valence-electron chi connectivity index (χ4n) is 15.0. The average molecular weight is 1990 g/mol. The lowest BCUT2D eigenvalue weighted by Gasteiger charge is -2.34. The van der Waals surface area contributed by atoms with Gasteiger partial charge in [0.15, 0.2) is 15.5 Å². The Labute approximate surface area is 837 Å². The Morgan fingerprint density at radius 1 is 0.500 bits per heavy atom. The Morgan fingerprint density at radius 3 is 1.19 bits per heavy atom. The summed E-state index contributed by atoms with van der Waals surface area (Å²) in [5.74, 6) is -0.378. The van der Waals surface area contributed by atoms with E-state index in [-0.39, 0.29) is 83.5 Å². The molecular formula is C103H155ClN22O12Si2. The molecule has 0 bridgehead atoms. The number of carbonyl (C=O) groups excluding carboxylic acids is 5. The first-order chi connectivity index (χ1) is 65.8. The quantitative estimate of drug-likeness (QED) is 0.00772. The van der Waals surface area contributed by atoms with Gasteiger partial charge in [-0.3, -0.25) is 62.8 Å². The Balaban J connectivity index is 0.000000346. The van der Waals surface area contributed by atoms with E-state index in [4.69, 9.17) is 71.0 Å². The molecule has 0 spiro atoms. The molecule has 9 atom stereocenters. The number of methoxy groups -OCH3 is 1. The number of likely N-dealkylation sites (N-methyl/N-ethyl adjacent to an activating group) is 4. The van der Waals surface area contributed by atoms with Crippen LogP contribution in [0.2, 0.25) is 37.8 Å². The topological polar surface area (TPSA) is 364 Å². The van der Waals surface area contributed by atoms with Crippen molar-refractivity contribution in [1.82, 2.24) is 95.9 Å². The van der Waals surface area contributed by atoms with Gasteiger partial charge in [0.25, 0.3) is 0 Å². The maximum absolute atomic E-state index is 12.1. The molecule has 10 aromatic rings. The largest absolute Gasteiger partial charge is 0.468 e. The Morgan fingerprint density at radius 2 is 0.814 bits per heavy atom. The maximum atomic E-state index is 12.1. The van der Waals surface area contributed by atoms with E-state index >= 15 is 0 Å². The average Bonchev–Trinajstić information content (AvgIpc) is 1.60. The molecule has 10 heterocycles. The number of nitrogens with one attached hydrogen (secondary N) is 5. The predicted octanol–water partition coefficient (Wildman–Crippen LogP) is 17.7. The number of fused-ring (bicyclic) bond motifs is 5. The van der Waals surface area contributed by atoms with Gasteiger partial charge in [-0.2, -0.15) is 81.5 Å². The minimum atomic E-state index is -1.39. The molecule has 5 aromatic carbocycles. The van der Waals surface area contributed by atoms with Crippen LogP contribution in [0.5, 0.6) is 0 Å². The molecule has 0 saturated carbocycles. The standard InChI is InChI=1S/C18H23N5O.C18H24N4O4.C18H26N4O.C17H22N4O.C17H24N4O.C6H15ClSi.C4H9NSi.2CO2.3CH4/c1-4-10-23-17-15(11-21-23)16(12-20-18(17)19-2)22(3)24-13-14-8-6-5-7-9-14;1-21(26-12-13-6-4-3-5-7-13)15-11-19-16(18(24)25-2)17-14(15)10-20-22(17)8-9-23;1-4-10-22-18-14(2)19-12-17(16(18)11-20-22)21(3)23-13-15-8-6-5-7-9-15;1-3-9-21-17-12-18-11-16(15(17)10-19-21)20(2)22-13-14-7-5-4-6-8-14;1-3-9-21-17-13(2)18-11-16(15(17)10-19-21)20-22-12-14-7-5-4-6-8-14;1-6(2,3)8(4,5)7;1-6(2,3)4-5;2*2-1-3;;;/h5-9,11,16,18,20H,4,10,12-13H2,1,3H3;3-7,10,15-16,19,23H,8-9,11-12H2,1-2H3;5-9,11,14,17,19H,4,10,12-13H2,1-3H3;4-8,10,12,16H,3,9,11,13H2,1-2H3;4-8,10,13,16,18,20H,3,9,11-12H2,1-2H3;1-5H3;1-3H3;;;3*1H4. The third-order valence-corrected chi connectivity index (χ3v) is 29.3. The van der Waals surface area contributed by atoms with Crippen molar-refractivity contribution < 1.29 is 58.0 Å². The highest BCUT2D eigenvalue weighted by molar-refractivity contribution is 7.20. The zero-order chi connectivity index (χ0) is 100. The minimum Gasteiger partial charge on any atom is -0.468 e. The van der Waals surface area contributed by atoms with Crippen molar-refractivity contribution in [3.63, 3.8) is 0 Å². The van der Waals surface area contributed by atoms with E-state index in [0.29, 0.717) is 82.0 Å². The van der Waals surface area contributed by atoms with Crippen LogP contribution in [-0.2, 0) is 119 Å². The summed E-state index contributed by atoms with van der Waals surface area (Å²) in [7, 11) is 6.42. The van der Waals surface area contributed by atoms with Crippen molar-refractivity contribution in [2.24, 2.45) is 4.99 Å². The fraction of sp³-hybridized carbons (Fsp3) is 0.505. The number of aromatic nitrogens is 10. The molecular weight excluding hydrogens is 1830 g/mol. The van der Waals surface area contributed by atoms with E-state index < -0.39 is 21.5 Å². The van der Waals surface area contributed by atoms with Gasteiger partial charge in [-0.05, 0) is 72.4 Å². The molecule has 0 radical (unpaired) electrons. The third kappa shape index (κ3) is 37.2. The lowest BCUT2D eigenvalue weighted by atomic mass is 9.97. The van der Waals surface area contributed by atoms with E-state index in [2.05, 4.69) is 189 Å². The van der Waals surface area contributed by atoms with Crippen LogP contribution in [0.25, 0.3) is 4.85 Å². The number of ether oxygens (including phenoxy) is 1. The first kappa shape index (κ1) is 121. The van der Waals surface area contributed by atoms with Gasteiger partial charge >= 0.3 is 24.4 Å². The maximum Gasteiger partial charge on any atom is 0.373 e. The third-order valence-electron chi connectivity index (χ3n) is 23.4. The van der Waals surface area contributed by atoms with Gasteiger partial charge in [0.1, 0.15) is 11.7 Å². The second-order valence-corrected chi connectivity index (χ2v) is 47.8. The number of esters is 1. The summed E-state index contributed by atoms with van der Waals surface area (Å²) >= 11 is 6.15. The molecule has 34 nitrogen and oxygen atoms in total. The van der Waals surface area contributed by atoms with Crippen molar-refractivity contribution in [1.29, 1.82) is 5.26 Å². The summed E-state index contributed by atoms with van der Waals surface area (Å²) in [5, 5.41) is 61.4. The van der Waals surface area contributed by atoms with Crippen molar-refractivity contribution in [2.75, 3.05) is 74.6 Å². The van der Waals surface area contributed by atoms with Crippen molar-refractivity contribution in [3.05, 3.63) is 278 Å². The second-order valence-electron chi connectivity index (χ2n) is 35.8. The number of benzene rings is 5. The second kappa shape index (κ2) is 63.1. The van der Waals surface area contributed by atoms with Crippen LogP contribution in [-0.4, -0.2) is 189 Å². The number of nitrogens with zero attached hydrogens (tertiary/aromatic N) is 17. The summed E-state index contributed by atoms with van der Waals surface area (Å²) in [6.07, 6.45) is 15.9. The van der Waals surface area contributed by atoms with Gasteiger partial charge < -0.3 is 20.5 Å². The summed E-state index contributed by atoms with van der Waals surface area (Å²) in [4.78, 5) is 82.3. The highest BCUT2D eigenvalue weighted by Gasteiger charge is 2.40. The monoisotopic (exact) mass is 1980 g/mol. The fourth-order valence-corrected chi connectivity index (χ4v) is 15.0. The SMILES string of the molecule is C.C.C.CC(C)(C)[Si](C)(C)Cl.CCCn1ncc2c1C(C)NCC2N(C)OCc1ccccc1.CCCn1ncc2c1C(C)NCC2NOCc1ccccc1.CCCn1ncc2c1C=NCC2N(C)OCc1ccccc1.COC(=O)C1NCC(N(C)OCc2ccccc2)c2cnn(CCO)c21.C[Si](C)(C)C#N.O=C=O.O=C=O.[C-]#[N+]C1NCC(N(C)OCc2ccccc2)c2cnn(CCC)c21. The number of hydroxylamine groups is 9. The lowest BCUT2D eigenvalue weighted by Crippen LogP contribution is -2.44. The number of hydrogen-bond donors (Lipinski definition) is 6. The van der Waals surface area contributed by atoms with Crippen molar-refractivity contribution in [2.45, 2.75) is 268 Å². The van der Waals surface area contributed by atoms with Crippen LogP contribution in [0.15, 0.2) is 188 Å². The smallest absolute Gasteiger partial charge is 0.373 e. The molecule has 15 rings (SSSR count). The molecule has 5 aromatic heterocycles. The van der Waals surface area contributed by atoms with E-state index in [1.54, 1.807) is 15.9 Å². The molecule has 0 fully saturated rings. The number of aryl methyl sites for hydroxylation is 4. The van der Waals surface area contributed by atoms with E-state index in [0.717, 1.165) is 110 Å². The van der Waals surface area contributed by atoms with Gasteiger partial charge in [0.05, 0.1) is 144 Å². The molecule has 140 heavy (non-hydrogen) atoms. The molecule has 9 unspecified atom stereocenters. The van der Waals surface area contributed by atoms with Crippen LogP contribution in [0.3, 0.4) is 0 Å². The Hall–Kier alpha value is -10.8. The molecule has 0 saturated heterocycles. The summed E-state index contributed by atoms with van der Waals surface area (Å²) < 4.78 is 14.7. The van der Waals surface area contributed by atoms with Crippen LogP contribution < -0.4 is 26.7 Å². The lowest BCUT2D eigenvalue weighted by molar-refractivity contribution is -0.193. The molecule has 5 aliphatic heterocycles. The molecule has 37 heteroatoms. The molecule has 5 aliphatic rings. The number of rotatable bonds is 31. The minimum absolute atomic E-state index is 0. The first-order valence-electron chi connectivity index (χ1n) is 46.7. The summed E-state index contributed by atoms with van der Waals surface area (Å²) in [6, 6.07) is 51.1. The first-order valence-corrected chi connectivity index (χ1v) is 54.2. The number of aliphatic hydroxyl groups excluding tert-OH is 1. The molecule has 6 N–H and O–H groups in total. The van der Waals surface area contributed by atoms with Gasteiger partial charge in [-0.15, -0.1) is 0 Å². The van der Waals surface area contributed by atoms with Crippen LogP contribution in [0.4, 0.5) is 0 Å². The van der Waals surface area contributed by atoms with E-state index in [9.17, 15) is 9.90 Å². The highest BCUT2D eigenvalue weighted by atomic mass is 35.6. The van der Waals surface area contributed by atoms with E-state index in [1.165, 1.54) is 40.8 Å². The number of carbonyl (C=O) groups is 1. The summed E-state index contributed by atoms with van der Waals surface area (Å²) in [5.41, 5.74) is 22.2. The van der Waals surface area contributed by atoms with Gasteiger partial charge in [0, 0.05) is 132 Å². The van der Waals surface area contributed by atoms with Gasteiger partial charge in [-0.25, -0.2) is 21.9 Å². The zero-order valence-corrected chi connectivity index (χ0v) is 85.9. The number of aliphatic hydroxyl groups is 1. The van der Waals surface area contributed by atoms with Crippen molar-refractivity contribution >= 4 is 51.0 Å². The normalized spacial score (nSPS) is 17.7. The van der Waals surface area contributed by atoms with Crippen LogP contribution in [0, 0.1) is 17.5 Å². The number of aliphatic imine (C=N–C) groups is 1. The van der Waals surface area contributed by atoms with Crippen LogP contribution in [0.1, 0.15) is 249 Å². The van der Waals surface area contributed by atoms with Crippen LogP contribution >= 0.6 is 11.1 Å². The Kier molecular flexibility index (Phi) is 54.8. The highest BCUT2D eigenvalue weighted by Crippen LogP contribution is 2.40. The molecule has 764 valence electrons. The van der Waals surface area contributed by atoms with E-state index in [1.807, 2.05) is 219 Å². The number of hydrogen-bond acceptors (Lipinski definition) is 28.